The molecule has 1 aromatic rings. The average molecular weight is 248 g/mol. The molecule has 3 N–H and O–H groups in total. The summed E-state index contributed by atoms with van der Waals surface area (Å²) >= 11 is 1.49. The maximum Gasteiger partial charge on any atom is 0.246 e. The van der Waals surface area contributed by atoms with Crippen LogP contribution in [0.1, 0.15) is 23.4 Å². The first-order valence-electron chi connectivity index (χ1n) is 4.56. The van der Waals surface area contributed by atoms with E-state index in [2.05, 4.69) is 10.3 Å². The van der Waals surface area contributed by atoms with Crippen LogP contribution in [0, 0.1) is 13.8 Å². The van der Waals surface area contributed by atoms with Gasteiger partial charge in [-0.05, 0) is 26.7 Å². The standard InChI is InChI=1S/C9H13N3OS.ClH/c1-5-6(2)14-8(11-5)12-7(13)9(10)3-4-9;/h3-4,10H2,1-2H3,(H,11,12,13);1H. The van der Waals surface area contributed by atoms with Crippen LogP contribution in [0.2, 0.25) is 0 Å². The monoisotopic (exact) mass is 247 g/mol. The minimum Gasteiger partial charge on any atom is -0.317 e. The van der Waals surface area contributed by atoms with Crippen molar-refractivity contribution in [3.05, 3.63) is 10.6 Å². The predicted octanol–water partition coefficient (Wildman–Crippen LogP) is 1.61. The maximum atomic E-state index is 11.5. The molecule has 2 rings (SSSR count). The summed E-state index contributed by atoms with van der Waals surface area (Å²) in [6.45, 7) is 3.91. The second kappa shape index (κ2) is 4.08. The fourth-order valence-electron chi connectivity index (χ4n) is 1.11. The predicted molar refractivity (Wildman–Crippen MR) is 63.6 cm³/mol. The van der Waals surface area contributed by atoms with Gasteiger partial charge in [-0.2, -0.15) is 0 Å². The number of aryl methyl sites for hydroxylation is 2. The lowest BCUT2D eigenvalue weighted by molar-refractivity contribution is -0.118. The number of rotatable bonds is 2. The van der Waals surface area contributed by atoms with E-state index in [1.54, 1.807) is 0 Å². The van der Waals surface area contributed by atoms with Gasteiger partial charge in [-0.15, -0.1) is 23.7 Å². The Morgan fingerprint density at radius 1 is 1.53 bits per heavy atom. The third kappa shape index (κ3) is 2.48. The molecule has 6 heteroatoms. The van der Waals surface area contributed by atoms with Crippen LogP contribution in [0.4, 0.5) is 5.13 Å². The van der Waals surface area contributed by atoms with Gasteiger partial charge in [-0.3, -0.25) is 4.79 Å². The van der Waals surface area contributed by atoms with Crippen LogP contribution in [-0.4, -0.2) is 16.4 Å². The van der Waals surface area contributed by atoms with Crippen molar-refractivity contribution in [1.82, 2.24) is 4.98 Å². The number of amides is 1. The van der Waals surface area contributed by atoms with Gasteiger partial charge in [0, 0.05) is 4.88 Å². The molecule has 1 saturated carbocycles. The van der Waals surface area contributed by atoms with Gasteiger partial charge in [0.15, 0.2) is 5.13 Å². The molecule has 0 unspecified atom stereocenters. The highest BCUT2D eigenvalue weighted by atomic mass is 35.5. The van der Waals surface area contributed by atoms with Crippen molar-refractivity contribution < 1.29 is 4.79 Å². The number of carbonyl (C=O) groups is 1. The molecule has 0 bridgehead atoms. The summed E-state index contributed by atoms with van der Waals surface area (Å²) in [5.41, 5.74) is 6.09. The molecule has 0 saturated heterocycles. The Morgan fingerprint density at radius 3 is 2.53 bits per heavy atom. The summed E-state index contributed by atoms with van der Waals surface area (Å²) in [5.74, 6) is -0.105. The fourth-order valence-corrected chi connectivity index (χ4v) is 1.92. The number of hydrogen-bond donors (Lipinski definition) is 2. The highest BCUT2D eigenvalue weighted by Crippen LogP contribution is 2.34. The number of carbonyl (C=O) groups excluding carboxylic acids is 1. The molecule has 1 fully saturated rings. The van der Waals surface area contributed by atoms with Crippen molar-refractivity contribution in [3.8, 4) is 0 Å². The molecule has 1 aliphatic carbocycles. The fraction of sp³-hybridized carbons (Fsp3) is 0.556. The molecule has 1 amide bonds. The van der Waals surface area contributed by atoms with Crippen molar-refractivity contribution in [2.75, 3.05) is 5.32 Å². The number of nitrogens with zero attached hydrogens (tertiary/aromatic N) is 1. The van der Waals surface area contributed by atoms with Gasteiger partial charge in [0.25, 0.3) is 0 Å². The van der Waals surface area contributed by atoms with Crippen LogP contribution < -0.4 is 11.1 Å². The molecule has 0 aliphatic heterocycles. The lowest BCUT2D eigenvalue weighted by atomic mass is 10.3. The van der Waals surface area contributed by atoms with Crippen molar-refractivity contribution in [3.63, 3.8) is 0 Å². The van der Waals surface area contributed by atoms with E-state index in [9.17, 15) is 4.79 Å². The van der Waals surface area contributed by atoms with Crippen LogP contribution in [0.3, 0.4) is 0 Å². The van der Waals surface area contributed by atoms with Crippen LogP contribution in [0.25, 0.3) is 0 Å². The van der Waals surface area contributed by atoms with Gasteiger partial charge >= 0.3 is 0 Å². The van der Waals surface area contributed by atoms with E-state index in [4.69, 9.17) is 5.73 Å². The summed E-state index contributed by atoms with van der Waals surface area (Å²) in [7, 11) is 0. The molecule has 84 valence electrons. The van der Waals surface area contributed by atoms with E-state index >= 15 is 0 Å². The summed E-state index contributed by atoms with van der Waals surface area (Å²) in [6.07, 6.45) is 1.56. The Balaban J connectivity index is 0.00000112. The molecular weight excluding hydrogens is 234 g/mol. The highest BCUT2D eigenvalue weighted by molar-refractivity contribution is 7.15. The van der Waals surface area contributed by atoms with Crippen molar-refractivity contribution >= 4 is 34.8 Å². The molecule has 0 spiro atoms. The van der Waals surface area contributed by atoms with Gasteiger partial charge in [0.1, 0.15) is 0 Å². The first-order valence-corrected chi connectivity index (χ1v) is 5.37. The zero-order chi connectivity index (χ0) is 10.3. The maximum absolute atomic E-state index is 11.5. The van der Waals surface area contributed by atoms with E-state index in [1.165, 1.54) is 11.3 Å². The minimum atomic E-state index is -0.618. The Labute approximate surface area is 98.7 Å². The van der Waals surface area contributed by atoms with E-state index in [1.807, 2.05) is 13.8 Å². The first-order chi connectivity index (χ1) is 6.51. The number of thiazole rings is 1. The zero-order valence-electron chi connectivity index (χ0n) is 8.66. The molecular formula is C9H14ClN3OS. The van der Waals surface area contributed by atoms with Crippen molar-refractivity contribution in [2.24, 2.45) is 5.73 Å². The second-order valence-corrected chi connectivity index (χ2v) is 4.97. The van der Waals surface area contributed by atoms with Crippen LogP contribution in [0.5, 0.6) is 0 Å². The Kier molecular flexibility index (Phi) is 3.38. The normalized spacial score (nSPS) is 16.7. The number of hydrogen-bond acceptors (Lipinski definition) is 4. The molecule has 0 radical (unpaired) electrons. The number of anilines is 1. The molecule has 1 aliphatic rings. The number of nitrogens with two attached hydrogens (primary N) is 1. The summed E-state index contributed by atoms with van der Waals surface area (Å²) in [6, 6.07) is 0. The topological polar surface area (TPSA) is 68.0 Å². The van der Waals surface area contributed by atoms with Crippen molar-refractivity contribution in [2.45, 2.75) is 32.2 Å². The smallest absolute Gasteiger partial charge is 0.246 e. The lowest BCUT2D eigenvalue weighted by Crippen LogP contribution is -2.37. The molecule has 0 aromatic carbocycles. The molecule has 1 heterocycles. The SMILES string of the molecule is Cc1nc(NC(=O)C2(N)CC2)sc1C.Cl. The third-order valence-corrected chi connectivity index (χ3v) is 3.48. The largest absolute Gasteiger partial charge is 0.317 e. The van der Waals surface area contributed by atoms with Crippen LogP contribution in [-0.2, 0) is 4.79 Å². The second-order valence-electron chi connectivity index (χ2n) is 3.77. The quantitative estimate of drug-likeness (QED) is 0.834. The molecule has 15 heavy (non-hydrogen) atoms. The van der Waals surface area contributed by atoms with E-state index in [0.29, 0.717) is 5.13 Å². The Hall–Kier alpha value is -0.650. The third-order valence-electron chi connectivity index (χ3n) is 2.49. The van der Waals surface area contributed by atoms with Gasteiger partial charge in [-0.25, -0.2) is 4.98 Å². The van der Waals surface area contributed by atoms with E-state index in [0.717, 1.165) is 23.4 Å². The first kappa shape index (κ1) is 12.4. The van der Waals surface area contributed by atoms with Gasteiger partial charge in [0.05, 0.1) is 11.2 Å². The van der Waals surface area contributed by atoms with Crippen LogP contribution >= 0.6 is 23.7 Å². The average Bonchev–Trinajstić information content (AvgIpc) is 2.77. The van der Waals surface area contributed by atoms with Crippen LogP contribution in [0.15, 0.2) is 0 Å². The summed E-state index contributed by atoms with van der Waals surface area (Å²) in [5, 5.41) is 3.40. The van der Waals surface area contributed by atoms with Gasteiger partial charge in [0.2, 0.25) is 5.91 Å². The van der Waals surface area contributed by atoms with E-state index < -0.39 is 5.54 Å². The highest BCUT2D eigenvalue weighted by Gasteiger charge is 2.46. The van der Waals surface area contributed by atoms with E-state index in [-0.39, 0.29) is 18.3 Å². The molecule has 1 aromatic heterocycles. The van der Waals surface area contributed by atoms with Gasteiger partial charge in [-0.1, -0.05) is 0 Å². The number of aromatic nitrogens is 1. The Bertz CT molecular complexity index is 367. The molecule has 4 nitrogen and oxygen atoms in total. The lowest BCUT2D eigenvalue weighted by Gasteiger charge is -2.06. The molecule has 0 atom stereocenters. The minimum absolute atomic E-state index is 0. The summed E-state index contributed by atoms with van der Waals surface area (Å²) in [4.78, 5) is 16.9. The number of halogens is 1. The zero-order valence-corrected chi connectivity index (χ0v) is 10.3. The van der Waals surface area contributed by atoms with Crippen molar-refractivity contribution in [1.29, 1.82) is 0 Å². The van der Waals surface area contributed by atoms with Gasteiger partial charge < -0.3 is 11.1 Å². The Morgan fingerprint density at radius 2 is 2.13 bits per heavy atom. The number of nitrogens with one attached hydrogen (secondary N) is 1. The summed E-state index contributed by atoms with van der Waals surface area (Å²) < 4.78 is 0.